The number of benzene rings is 1. The van der Waals surface area contributed by atoms with Crippen molar-refractivity contribution < 1.29 is 22.7 Å². The number of halogens is 5. The average Bonchev–Trinajstić information content (AvgIpc) is 2.08. The fraction of sp³-hybridized carbons (Fsp3) is 0.222. The van der Waals surface area contributed by atoms with Crippen LogP contribution in [0.1, 0.15) is 17.3 Å². The van der Waals surface area contributed by atoms with Crippen LogP contribution in [-0.2, 0) is 0 Å². The summed E-state index contributed by atoms with van der Waals surface area (Å²) in [7, 11) is 0. The van der Waals surface area contributed by atoms with E-state index in [1.54, 1.807) is 22.6 Å². The van der Waals surface area contributed by atoms with Crippen molar-refractivity contribution in [2.75, 3.05) is 0 Å². The van der Waals surface area contributed by atoms with E-state index < -0.39 is 17.9 Å². The van der Waals surface area contributed by atoms with Crippen LogP contribution in [0.5, 0.6) is 5.75 Å². The van der Waals surface area contributed by atoms with E-state index in [1.165, 1.54) is 13.0 Å². The third-order valence-corrected chi connectivity index (χ3v) is 4.16. The Balaban J connectivity index is 3.29. The molecule has 0 heterocycles. The average molecular weight is 409 g/mol. The van der Waals surface area contributed by atoms with Crippen molar-refractivity contribution in [3.05, 3.63) is 25.7 Å². The summed E-state index contributed by atoms with van der Waals surface area (Å²) in [6.07, 6.45) is -4.80. The Hall–Kier alpha value is -0.310. The minimum Gasteiger partial charge on any atom is -0.405 e. The van der Waals surface area contributed by atoms with Gasteiger partial charge in [0.1, 0.15) is 5.75 Å². The number of carbonyl (C=O) groups excluding carboxylic acids is 1. The monoisotopic (exact) mass is 408 g/mol. The lowest BCUT2D eigenvalue weighted by Crippen LogP contribution is -2.19. The molecule has 0 bridgehead atoms. The minimum atomic E-state index is -4.80. The number of ether oxygens (including phenoxy) is 1. The molecule has 0 aliphatic carbocycles. The molecule has 1 aromatic carbocycles. The first-order valence-corrected chi connectivity index (χ1v) is 5.84. The Morgan fingerprint density at radius 2 is 2.00 bits per heavy atom. The van der Waals surface area contributed by atoms with Gasteiger partial charge in [0, 0.05) is 8.04 Å². The maximum Gasteiger partial charge on any atom is 0.573 e. The molecule has 0 aromatic heterocycles. The number of hydrogen-bond donors (Lipinski definition) is 0. The van der Waals surface area contributed by atoms with Gasteiger partial charge in [0.15, 0.2) is 5.78 Å². The molecule has 1 aromatic rings. The van der Waals surface area contributed by atoms with Gasteiger partial charge in [-0.25, -0.2) is 0 Å². The van der Waals surface area contributed by atoms with Crippen LogP contribution in [0.4, 0.5) is 13.2 Å². The first-order chi connectivity index (χ1) is 7.22. The second kappa shape index (κ2) is 4.91. The summed E-state index contributed by atoms with van der Waals surface area (Å²) < 4.78 is 40.9. The Morgan fingerprint density at radius 3 is 2.44 bits per heavy atom. The molecule has 0 aliphatic rings. The number of hydrogen-bond acceptors (Lipinski definition) is 2. The Bertz CT molecular complexity index is 431. The van der Waals surface area contributed by atoms with E-state index in [2.05, 4.69) is 20.7 Å². The highest BCUT2D eigenvalue weighted by molar-refractivity contribution is 14.1. The van der Waals surface area contributed by atoms with Gasteiger partial charge >= 0.3 is 6.36 Å². The highest BCUT2D eigenvalue weighted by Gasteiger charge is 2.33. The standard InChI is InChI=1S/C9H5BrF3IO2/c1-4(15)7-6(16-9(11,12)13)3-2-5(10)8(7)14/h2-3H,1H3. The highest BCUT2D eigenvalue weighted by atomic mass is 127. The van der Waals surface area contributed by atoms with Crippen LogP contribution >= 0.6 is 38.5 Å². The fourth-order valence-corrected chi connectivity index (χ4v) is 2.23. The summed E-state index contributed by atoms with van der Waals surface area (Å²) in [5.74, 6) is -0.961. The van der Waals surface area contributed by atoms with Gasteiger partial charge in [0.05, 0.1) is 5.56 Å². The maximum absolute atomic E-state index is 12.1. The molecule has 0 atom stereocenters. The molecule has 16 heavy (non-hydrogen) atoms. The largest absolute Gasteiger partial charge is 0.573 e. The predicted molar refractivity (Wildman–Crippen MR) is 63.5 cm³/mol. The Kier molecular flexibility index (Phi) is 4.22. The zero-order valence-electron chi connectivity index (χ0n) is 7.86. The van der Waals surface area contributed by atoms with E-state index in [9.17, 15) is 18.0 Å². The normalized spacial score (nSPS) is 11.4. The van der Waals surface area contributed by atoms with E-state index in [-0.39, 0.29) is 5.56 Å². The molecule has 0 saturated carbocycles. The van der Waals surface area contributed by atoms with Crippen LogP contribution in [0.15, 0.2) is 16.6 Å². The SMILES string of the molecule is CC(=O)c1c(OC(F)(F)F)ccc(Br)c1I. The first-order valence-electron chi connectivity index (χ1n) is 3.97. The van der Waals surface area contributed by atoms with Gasteiger partial charge in [-0.1, -0.05) is 0 Å². The molecule has 0 fully saturated rings. The third-order valence-electron chi connectivity index (χ3n) is 1.63. The van der Waals surface area contributed by atoms with Crippen LogP contribution in [0.25, 0.3) is 0 Å². The topological polar surface area (TPSA) is 26.3 Å². The summed E-state index contributed by atoms with van der Waals surface area (Å²) in [6.45, 7) is 1.19. The summed E-state index contributed by atoms with van der Waals surface area (Å²) in [5, 5.41) is 0. The van der Waals surface area contributed by atoms with Crippen LogP contribution in [0, 0.1) is 3.57 Å². The number of carbonyl (C=O) groups is 1. The zero-order chi connectivity index (χ0) is 12.5. The van der Waals surface area contributed by atoms with E-state index >= 15 is 0 Å². The molecule has 0 radical (unpaired) electrons. The third kappa shape index (κ3) is 3.34. The van der Waals surface area contributed by atoms with Gasteiger partial charge in [0.25, 0.3) is 0 Å². The number of alkyl halides is 3. The molecular weight excluding hydrogens is 404 g/mol. The fourth-order valence-electron chi connectivity index (χ4n) is 1.07. The molecule has 0 spiro atoms. The van der Waals surface area contributed by atoms with Crippen molar-refractivity contribution in [1.29, 1.82) is 0 Å². The maximum atomic E-state index is 12.1. The minimum absolute atomic E-state index is 0.0766. The molecule has 88 valence electrons. The summed E-state index contributed by atoms with van der Waals surface area (Å²) in [4.78, 5) is 11.3. The lowest BCUT2D eigenvalue weighted by Gasteiger charge is -2.13. The quantitative estimate of drug-likeness (QED) is 0.542. The zero-order valence-corrected chi connectivity index (χ0v) is 11.6. The van der Waals surface area contributed by atoms with Crippen LogP contribution in [-0.4, -0.2) is 12.1 Å². The van der Waals surface area contributed by atoms with Crippen molar-refractivity contribution in [2.24, 2.45) is 0 Å². The van der Waals surface area contributed by atoms with Crippen molar-refractivity contribution in [1.82, 2.24) is 0 Å². The van der Waals surface area contributed by atoms with E-state index in [1.807, 2.05) is 0 Å². The van der Waals surface area contributed by atoms with Crippen molar-refractivity contribution in [3.63, 3.8) is 0 Å². The van der Waals surface area contributed by atoms with Crippen molar-refractivity contribution in [3.8, 4) is 5.75 Å². The molecule has 1 rings (SSSR count). The Labute approximate surface area is 111 Å². The van der Waals surface area contributed by atoms with Gasteiger partial charge in [0.2, 0.25) is 0 Å². The van der Waals surface area contributed by atoms with E-state index in [0.29, 0.717) is 8.04 Å². The van der Waals surface area contributed by atoms with Gasteiger partial charge in [-0.3, -0.25) is 4.79 Å². The van der Waals surface area contributed by atoms with Crippen LogP contribution in [0.2, 0.25) is 0 Å². The van der Waals surface area contributed by atoms with E-state index in [4.69, 9.17) is 0 Å². The molecule has 7 heteroatoms. The van der Waals surface area contributed by atoms with Crippen LogP contribution in [0.3, 0.4) is 0 Å². The lowest BCUT2D eigenvalue weighted by atomic mass is 10.1. The van der Waals surface area contributed by atoms with Crippen molar-refractivity contribution in [2.45, 2.75) is 13.3 Å². The molecule has 0 amide bonds. The number of Topliss-reactive ketones (excluding diaryl/α,β-unsaturated/α-hetero) is 1. The second-order valence-electron chi connectivity index (χ2n) is 2.84. The molecule has 0 unspecified atom stereocenters. The number of ketones is 1. The van der Waals surface area contributed by atoms with Gasteiger partial charge in [-0.15, -0.1) is 13.2 Å². The molecule has 0 aliphatic heterocycles. The smallest absolute Gasteiger partial charge is 0.405 e. The molecular formula is C9H5BrF3IO2. The van der Waals surface area contributed by atoms with Crippen molar-refractivity contribution >= 4 is 44.3 Å². The number of rotatable bonds is 2. The van der Waals surface area contributed by atoms with Crippen LogP contribution < -0.4 is 4.74 Å². The molecule has 0 saturated heterocycles. The lowest BCUT2D eigenvalue weighted by molar-refractivity contribution is -0.274. The molecule has 0 N–H and O–H groups in total. The van der Waals surface area contributed by atoms with Gasteiger partial charge < -0.3 is 4.74 Å². The first kappa shape index (κ1) is 13.8. The highest BCUT2D eigenvalue weighted by Crippen LogP contribution is 2.33. The summed E-state index contributed by atoms with van der Waals surface area (Å²) in [5.41, 5.74) is -0.0766. The summed E-state index contributed by atoms with van der Waals surface area (Å²) in [6, 6.07) is 2.51. The predicted octanol–water partition coefficient (Wildman–Crippen LogP) is 4.15. The van der Waals surface area contributed by atoms with Gasteiger partial charge in [-0.2, -0.15) is 0 Å². The Morgan fingerprint density at radius 1 is 1.44 bits per heavy atom. The van der Waals surface area contributed by atoms with E-state index in [0.717, 1.165) is 6.07 Å². The van der Waals surface area contributed by atoms with Gasteiger partial charge in [-0.05, 0) is 57.6 Å². The summed E-state index contributed by atoms with van der Waals surface area (Å²) >= 11 is 4.91. The second-order valence-corrected chi connectivity index (χ2v) is 4.77. The molecule has 2 nitrogen and oxygen atoms in total.